The van der Waals surface area contributed by atoms with Crippen molar-refractivity contribution in [3.63, 3.8) is 0 Å². The summed E-state index contributed by atoms with van der Waals surface area (Å²) in [4.78, 5) is 11.3. The molecule has 1 rings (SSSR count). The molecule has 1 aliphatic rings. The maximum absolute atomic E-state index is 11.3. The Bertz CT molecular complexity index is 191. The number of rotatable bonds is 5. The summed E-state index contributed by atoms with van der Waals surface area (Å²) in [6, 6.07) is 0.284. The molecule has 2 atom stereocenters. The van der Waals surface area contributed by atoms with Gasteiger partial charge in [-0.3, -0.25) is 0 Å². The van der Waals surface area contributed by atoms with Crippen molar-refractivity contribution in [2.75, 3.05) is 19.8 Å². The lowest BCUT2D eigenvalue weighted by atomic mass is 10.2. The fraction of sp³-hybridized carbons (Fsp3) is 0.900. The molecule has 0 aliphatic carbocycles. The number of carbonyl (C=O) groups excluding carboxylic acids is 1. The Morgan fingerprint density at radius 1 is 1.67 bits per heavy atom. The average Bonchev–Trinajstić information content (AvgIpc) is 2.64. The first-order chi connectivity index (χ1) is 7.18. The lowest BCUT2D eigenvalue weighted by molar-refractivity contribution is 0.188. The number of carbonyl (C=O) groups is 1. The van der Waals surface area contributed by atoms with E-state index in [1.54, 1.807) is 0 Å². The molecule has 15 heavy (non-hydrogen) atoms. The second-order valence-corrected chi connectivity index (χ2v) is 4.08. The van der Waals surface area contributed by atoms with Crippen molar-refractivity contribution >= 4 is 6.03 Å². The zero-order valence-electron chi connectivity index (χ0n) is 9.29. The van der Waals surface area contributed by atoms with Gasteiger partial charge in [-0.25, -0.2) is 4.79 Å². The molecule has 1 fully saturated rings. The van der Waals surface area contributed by atoms with E-state index in [-0.39, 0.29) is 18.1 Å². The molecule has 5 nitrogen and oxygen atoms in total. The third-order valence-corrected chi connectivity index (χ3v) is 2.39. The fourth-order valence-corrected chi connectivity index (χ4v) is 1.51. The highest BCUT2D eigenvalue weighted by atomic mass is 16.5. The van der Waals surface area contributed by atoms with E-state index < -0.39 is 0 Å². The molecule has 0 aromatic carbocycles. The average molecular weight is 215 g/mol. The molecule has 0 spiro atoms. The van der Waals surface area contributed by atoms with E-state index in [9.17, 15) is 4.79 Å². The highest BCUT2D eigenvalue weighted by Gasteiger charge is 2.16. The first-order valence-corrected chi connectivity index (χ1v) is 5.56. The maximum atomic E-state index is 11.3. The van der Waals surface area contributed by atoms with Gasteiger partial charge in [-0.1, -0.05) is 0 Å². The topological polar surface area (TPSA) is 76.4 Å². The molecule has 0 radical (unpaired) electrons. The molecule has 0 aromatic rings. The van der Waals surface area contributed by atoms with Crippen molar-refractivity contribution in [1.82, 2.24) is 10.6 Å². The summed E-state index contributed by atoms with van der Waals surface area (Å²) in [6.45, 7) is 4.03. The number of ether oxygens (including phenoxy) is 1. The van der Waals surface area contributed by atoms with Gasteiger partial charge in [-0.05, 0) is 26.2 Å². The van der Waals surface area contributed by atoms with Gasteiger partial charge in [-0.2, -0.15) is 0 Å². The van der Waals surface area contributed by atoms with Crippen LogP contribution in [0.5, 0.6) is 0 Å². The van der Waals surface area contributed by atoms with Crippen LogP contribution in [0.1, 0.15) is 26.2 Å². The van der Waals surface area contributed by atoms with Crippen LogP contribution in [-0.2, 0) is 4.74 Å². The van der Waals surface area contributed by atoms with Crippen LogP contribution in [0.25, 0.3) is 0 Å². The molecule has 4 N–H and O–H groups in total. The van der Waals surface area contributed by atoms with Gasteiger partial charge in [0.05, 0.1) is 12.6 Å². The minimum Gasteiger partial charge on any atom is -0.379 e. The zero-order chi connectivity index (χ0) is 11.1. The second-order valence-electron chi connectivity index (χ2n) is 4.08. The van der Waals surface area contributed by atoms with Crippen LogP contribution < -0.4 is 16.4 Å². The van der Waals surface area contributed by atoms with Crippen molar-refractivity contribution in [3.8, 4) is 0 Å². The summed E-state index contributed by atoms with van der Waals surface area (Å²) in [6.07, 6.45) is 2.77. The molecule has 1 aliphatic heterocycles. The number of nitrogens with two attached hydrogens (primary N) is 1. The number of nitrogens with one attached hydrogen (secondary N) is 2. The summed E-state index contributed by atoms with van der Waals surface area (Å²) in [7, 11) is 0. The third kappa shape index (κ3) is 5.59. The predicted molar refractivity (Wildman–Crippen MR) is 58.6 cm³/mol. The summed E-state index contributed by atoms with van der Waals surface area (Å²) in [5.74, 6) is 0. The summed E-state index contributed by atoms with van der Waals surface area (Å²) in [5, 5.41) is 5.66. The number of hydrogen-bond donors (Lipinski definition) is 3. The van der Waals surface area contributed by atoms with E-state index in [1.165, 1.54) is 0 Å². The molecule has 88 valence electrons. The first kappa shape index (κ1) is 12.3. The molecule has 2 unspecified atom stereocenters. The second kappa shape index (κ2) is 6.63. The SMILES string of the molecule is CC(N)CCCNC(=O)NC1CCOC1. The van der Waals surface area contributed by atoms with E-state index in [4.69, 9.17) is 10.5 Å². The van der Waals surface area contributed by atoms with Gasteiger partial charge in [0.25, 0.3) is 0 Å². The lowest BCUT2D eigenvalue weighted by Gasteiger charge is -2.12. The van der Waals surface area contributed by atoms with Crippen LogP contribution in [0.3, 0.4) is 0 Å². The van der Waals surface area contributed by atoms with E-state index in [1.807, 2.05) is 6.92 Å². The van der Waals surface area contributed by atoms with Crippen molar-refractivity contribution < 1.29 is 9.53 Å². The predicted octanol–water partition coefficient (Wildman–Crippen LogP) is 0.202. The molecular weight excluding hydrogens is 194 g/mol. The monoisotopic (exact) mass is 215 g/mol. The normalized spacial score (nSPS) is 22.4. The van der Waals surface area contributed by atoms with Gasteiger partial charge in [0.1, 0.15) is 0 Å². The van der Waals surface area contributed by atoms with E-state index in [0.717, 1.165) is 25.9 Å². The highest BCUT2D eigenvalue weighted by Crippen LogP contribution is 2.02. The van der Waals surface area contributed by atoms with Crippen LogP contribution in [0.2, 0.25) is 0 Å². The Labute approximate surface area is 90.7 Å². The summed E-state index contributed by atoms with van der Waals surface area (Å²) >= 11 is 0. The number of urea groups is 1. The van der Waals surface area contributed by atoms with Gasteiger partial charge in [0.15, 0.2) is 0 Å². The van der Waals surface area contributed by atoms with Crippen molar-refractivity contribution in [3.05, 3.63) is 0 Å². The van der Waals surface area contributed by atoms with Gasteiger partial charge >= 0.3 is 6.03 Å². The summed E-state index contributed by atoms with van der Waals surface area (Å²) in [5.41, 5.74) is 5.60. The first-order valence-electron chi connectivity index (χ1n) is 5.56. The Morgan fingerprint density at radius 2 is 2.47 bits per heavy atom. The van der Waals surface area contributed by atoms with Crippen LogP contribution in [-0.4, -0.2) is 37.9 Å². The molecule has 0 saturated carbocycles. The van der Waals surface area contributed by atoms with Crippen LogP contribution in [0.4, 0.5) is 4.79 Å². The quantitative estimate of drug-likeness (QED) is 0.573. The minimum atomic E-state index is -0.102. The molecule has 1 heterocycles. The molecule has 5 heteroatoms. The van der Waals surface area contributed by atoms with Crippen molar-refractivity contribution in [2.24, 2.45) is 5.73 Å². The van der Waals surface area contributed by atoms with Gasteiger partial charge in [0.2, 0.25) is 0 Å². The van der Waals surface area contributed by atoms with Gasteiger partial charge in [0, 0.05) is 19.2 Å². The van der Waals surface area contributed by atoms with E-state index in [2.05, 4.69) is 10.6 Å². The van der Waals surface area contributed by atoms with E-state index >= 15 is 0 Å². The molecular formula is C10H21N3O2. The number of amides is 2. The van der Waals surface area contributed by atoms with Crippen LogP contribution in [0.15, 0.2) is 0 Å². The van der Waals surface area contributed by atoms with Crippen LogP contribution in [0, 0.1) is 0 Å². The Balaban J connectivity index is 1.98. The third-order valence-electron chi connectivity index (χ3n) is 2.39. The smallest absolute Gasteiger partial charge is 0.315 e. The Morgan fingerprint density at radius 3 is 3.07 bits per heavy atom. The maximum Gasteiger partial charge on any atom is 0.315 e. The van der Waals surface area contributed by atoms with E-state index in [0.29, 0.717) is 13.2 Å². The number of hydrogen-bond acceptors (Lipinski definition) is 3. The Kier molecular flexibility index (Phi) is 5.42. The van der Waals surface area contributed by atoms with Crippen LogP contribution >= 0.6 is 0 Å². The fourth-order valence-electron chi connectivity index (χ4n) is 1.51. The van der Waals surface area contributed by atoms with Crippen molar-refractivity contribution in [2.45, 2.75) is 38.3 Å². The molecule has 0 bridgehead atoms. The summed E-state index contributed by atoms with van der Waals surface area (Å²) < 4.78 is 5.16. The molecule has 2 amide bonds. The highest BCUT2D eigenvalue weighted by molar-refractivity contribution is 5.74. The lowest BCUT2D eigenvalue weighted by Crippen LogP contribution is -2.42. The largest absolute Gasteiger partial charge is 0.379 e. The van der Waals surface area contributed by atoms with Gasteiger partial charge < -0.3 is 21.1 Å². The van der Waals surface area contributed by atoms with Crippen molar-refractivity contribution in [1.29, 1.82) is 0 Å². The molecule has 1 saturated heterocycles. The zero-order valence-corrected chi connectivity index (χ0v) is 9.29. The Hall–Kier alpha value is -0.810. The minimum absolute atomic E-state index is 0.102. The van der Waals surface area contributed by atoms with Gasteiger partial charge in [-0.15, -0.1) is 0 Å². The molecule has 0 aromatic heterocycles. The standard InChI is InChI=1S/C10H21N3O2/c1-8(11)3-2-5-12-10(14)13-9-4-6-15-7-9/h8-9H,2-7,11H2,1H3,(H2,12,13,14).